The standard InChI is InChI=1S/C20H21FN4OS/c1-12-16-18(22-10-13-6-2-5-9-15(13)21)23-11-24-20(16)27-17(12)19(26)25-14-7-3-4-8-14/h2,5-6,9,11,14H,3-4,7-8,10H2,1H3,(H,25,26)(H,22,23,24). The molecule has 1 aliphatic rings. The predicted molar refractivity (Wildman–Crippen MR) is 106 cm³/mol. The van der Waals surface area contributed by atoms with Gasteiger partial charge in [0, 0.05) is 18.2 Å². The van der Waals surface area contributed by atoms with Crippen LogP contribution in [0.5, 0.6) is 0 Å². The number of nitrogens with one attached hydrogen (secondary N) is 2. The van der Waals surface area contributed by atoms with Gasteiger partial charge in [-0.05, 0) is 31.4 Å². The Morgan fingerprint density at radius 1 is 1.26 bits per heavy atom. The zero-order valence-electron chi connectivity index (χ0n) is 15.1. The van der Waals surface area contributed by atoms with Gasteiger partial charge in [-0.2, -0.15) is 0 Å². The van der Waals surface area contributed by atoms with Crippen LogP contribution in [-0.2, 0) is 6.54 Å². The molecule has 7 heteroatoms. The second kappa shape index (κ2) is 7.60. The van der Waals surface area contributed by atoms with Gasteiger partial charge in [0.2, 0.25) is 0 Å². The monoisotopic (exact) mass is 384 g/mol. The third kappa shape index (κ3) is 3.64. The van der Waals surface area contributed by atoms with Crippen LogP contribution in [0.1, 0.15) is 46.5 Å². The number of thiophene rings is 1. The van der Waals surface area contributed by atoms with Crippen molar-refractivity contribution in [3.8, 4) is 0 Å². The van der Waals surface area contributed by atoms with Crippen molar-refractivity contribution in [2.24, 2.45) is 0 Å². The van der Waals surface area contributed by atoms with Gasteiger partial charge in [-0.3, -0.25) is 4.79 Å². The Balaban J connectivity index is 1.59. The minimum Gasteiger partial charge on any atom is -0.365 e. The topological polar surface area (TPSA) is 66.9 Å². The van der Waals surface area contributed by atoms with Crippen LogP contribution >= 0.6 is 11.3 Å². The van der Waals surface area contributed by atoms with Crippen LogP contribution in [0, 0.1) is 12.7 Å². The number of hydrogen-bond donors (Lipinski definition) is 2. The van der Waals surface area contributed by atoms with Gasteiger partial charge < -0.3 is 10.6 Å². The number of hydrogen-bond acceptors (Lipinski definition) is 5. The molecule has 4 rings (SSSR count). The molecule has 0 atom stereocenters. The molecule has 2 aromatic heterocycles. The molecule has 1 saturated carbocycles. The van der Waals surface area contributed by atoms with Gasteiger partial charge in [-0.15, -0.1) is 11.3 Å². The van der Waals surface area contributed by atoms with Crippen molar-refractivity contribution < 1.29 is 9.18 Å². The molecular weight excluding hydrogens is 363 g/mol. The Labute approximate surface area is 161 Å². The summed E-state index contributed by atoms with van der Waals surface area (Å²) in [7, 11) is 0. The zero-order chi connectivity index (χ0) is 18.8. The maximum absolute atomic E-state index is 13.9. The first-order valence-corrected chi connectivity index (χ1v) is 9.97. The van der Waals surface area contributed by atoms with E-state index in [0.717, 1.165) is 28.6 Å². The molecule has 0 saturated heterocycles. The molecule has 1 aromatic carbocycles. The van der Waals surface area contributed by atoms with Crippen LogP contribution in [-0.4, -0.2) is 21.9 Å². The summed E-state index contributed by atoms with van der Waals surface area (Å²) in [5.41, 5.74) is 1.43. The maximum Gasteiger partial charge on any atom is 0.261 e. The van der Waals surface area contributed by atoms with Crippen molar-refractivity contribution in [2.75, 3.05) is 5.32 Å². The summed E-state index contributed by atoms with van der Waals surface area (Å²) in [5.74, 6) is 0.327. The number of carbonyl (C=O) groups is 1. The van der Waals surface area contributed by atoms with Crippen LogP contribution < -0.4 is 10.6 Å². The SMILES string of the molecule is Cc1c(C(=O)NC2CCCC2)sc2ncnc(NCc3ccccc3F)c12. The van der Waals surface area contributed by atoms with Crippen molar-refractivity contribution in [3.63, 3.8) is 0 Å². The number of rotatable bonds is 5. The fourth-order valence-electron chi connectivity index (χ4n) is 3.56. The molecule has 1 aliphatic carbocycles. The van der Waals surface area contributed by atoms with Crippen LogP contribution in [0.25, 0.3) is 10.2 Å². The van der Waals surface area contributed by atoms with Gasteiger partial charge in [0.15, 0.2) is 0 Å². The zero-order valence-corrected chi connectivity index (χ0v) is 15.9. The lowest BCUT2D eigenvalue weighted by molar-refractivity contribution is 0.0941. The van der Waals surface area contributed by atoms with E-state index in [1.807, 2.05) is 6.92 Å². The Morgan fingerprint density at radius 3 is 2.81 bits per heavy atom. The summed E-state index contributed by atoms with van der Waals surface area (Å²) in [6, 6.07) is 6.92. The summed E-state index contributed by atoms with van der Waals surface area (Å²) in [6.45, 7) is 2.23. The maximum atomic E-state index is 13.9. The lowest BCUT2D eigenvalue weighted by atomic mass is 10.1. The summed E-state index contributed by atoms with van der Waals surface area (Å²) in [6.07, 6.45) is 5.91. The molecule has 0 radical (unpaired) electrons. The molecule has 0 bridgehead atoms. The van der Waals surface area contributed by atoms with Crippen LogP contribution in [0.2, 0.25) is 0 Å². The fourth-order valence-corrected chi connectivity index (χ4v) is 4.62. The Kier molecular flexibility index (Phi) is 5.03. The van der Waals surface area contributed by atoms with Crippen molar-refractivity contribution in [1.29, 1.82) is 0 Å². The van der Waals surface area contributed by atoms with E-state index in [4.69, 9.17) is 0 Å². The third-order valence-electron chi connectivity index (χ3n) is 5.03. The van der Waals surface area contributed by atoms with E-state index in [2.05, 4.69) is 20.6 Å². The highest BCUT2D eigenvalue weighted by Gasteiger charge is 2.23. The highest BCUT2D eigenvalue weighted by atomic mass is 32.1. The molecule has 0 aliphatic heterocycles. The molecule has 27 heavy (non-hydrogen) atoms. The molecule has 0 unspecified atom stereocenters. The van der Waals surface area contributed by atoms with Crippen molar-refractivity contribution in [2.45, 2.75) is 45.2 Å². The Bertz CT molecular complexity index is 981. The van der Waals surface area contributed by atoms with Gasteiger partial charge >= 0.3 is 0 Å². The predicted octanol–water partition coefficient (Wildman–Crippen LogP) is 4.42. The number of nitrogens with zero attached hydrogens (tertiary/aromatic N) is 2. The molecule has 5 nitrogen and oxygen atoms in total. The molecule has 1 amide bonds. The quantitative estimate of drug-likeness (QED) is 0.683. The minimum absolute atomic E-state index is 0.0394. The first-order chi connectivity index (χ1) is 13.1. The third-order valence-corrected chi connectivity index (χ3v) is 6.23. The molecule has 1 fully saturated rings. The minimum atomic E-state index is -0.256. The molecule has 0 spiro atoms. The normalized spacial score (nSPS) is 14.6. The van der Waals surface area contributed by atoms with Gasteiger partial charge in [-0.25, -0.2) is 14.4 Å². The number of aryl methyl sites for hydroxylation is 1. The second-order valence-corrected chi connectivity index (χ2v) is 7.86. The largest absolute Gasteiger partial charge is 0.365 e. The molecule has 140 valence electrons. The van der Waals surface area contributed by atoms with Crippen molar-refractivity contribution >= 4 is 33.3 Å². The number of aromatic nitrogens is 2. The Hall–Kier alpha value is -2.54. The van der Waals surface area contributed by atoms with E-state index in [0.29, 0.717) is 22.8 Å². The molecule has 2 N–H and O–H groups in total. The van der Waals surface area contributed by atoms with Gasteiger partial charge in [0.1, 0.15) is 22.8 Å². The summed E-state index contributed by atoms with van der Waals surface area (Å²) in [5, 5.41) is 7.16. The number of anilines is 1. The number of amides is 1. The second-order valence-electron chi connectivity index (χ2n) is 6.86. The van der Waals surface area contributed by atoms with Crippen LogP contribution in [0.4, 0.5) is 10.2 Å². The first kappa shape index (κ1) is 17.9. The van der Waals surface area contributed by atoms with E-state index in [9.17, 15) is 9.18 Å². The highest BCUT2D eigenvalue weighted by Crippen LogP contribution is 2.33. The van der Waals surface area contributed by atoms with Crippen molar-refractivity contribution in [3.05, 3.63) is 52.4 Å². The van der Waals surface area contributed by atoms with Crippen LogP contribution in [0.15, 0.2) is 30.6 Å². The van der Waals surface area contributed by atoms with Gasteiger partial charge in [0.05, 0.1) is 10.3 Å². The highest BCUT2D eigenvalue weighted by molar-refractivity contribution is 7.20. The number of halogens is 1. The summed E-state index contributed by atoms with van der Waals surface area (Å²) >= 11 is 1.38. The smallest absolute Gasteiger partial charge is 0.261 e. The number of carbonyl (C=O) groups excluding carboxylic acids is 1. The van der Waals surface area contributed by atoms with E-state index in [1.165, 1.54) is 36.6 Å². The lowest BCUT2D eigenvalue weighted by Crippen LogP contribution is -2.32. The molecule has 2 heterocycles. The number of benzene rings is 1. The van der Waals surface area contributed by atoms with Crippen molar-refractivity contribution in [1.82, 2.24) is 15.3 Å². The fraction of sp³-hybridized carbons (Fsp3) is 0.350. The number of fused-ring (bicyclic) bond motifs is 1. The van der Waals surface area contributed by atoms with E-state index in [-0.39, 0.29) is 17.8 Å². The average Bonchev–Trinajstić information content (AvgIpc) is 3.29. The molecular formula is C20H21FN4OS. The van der Waals surface area contributed by atoms with E-state index >= 15 is 0 Å². The molecule has 3 aromatic rings. The first-order valence-electron chi connectivity index (χ1n) is 9.15. The summed E-state index contributed by atoms with van der Waals surface area (Å²) < 4.78 is 13.9. The van der Waals surface area contributed by atoms with Gasteiger partial charge in [-0.1, -0.05) is 31.0 Å². The van der Waals surface area contributed by atoms with Crippen LogP contribution in [0.3, 0.4) is 0 Å². The van der Waals surface area contributed by atoms with E-state index < -0.39 is 0 Å². The van der Waals surface area contributed by atoms with Gasteiger partial charge in [0.25, 0.3) is 5.91 Å². The lowest BCUT2D eigenvalue weighted by Gasteiger charge is -2.11. The summed E-state index contributed by atoms with van der Waals surface area (Å²) in [4.78, 5) is 22.8. The average molecular weight is 384 g/mol. The Morgan fingerprint density at radius 2 is 2.04 bits per heavy atom. The van der Waals surface area contributed by atoms with E-state index in [1.54, 1.807) is 18.2 Å².